The highest BCUT2D eigenvalue weighted by molar-refractivity contribution is 14.1. The third kappa shape index (κ3) is 4.62. The molecule has 29 heavy (non-hydrogen) atoms. The van der Waals surface area contributed by atoms with E-state index in [1.807, 2.05) is 35.6 Å². The second-order valence-electron chi connectivity index (χ2n) is 6.63. The van der Waals surface area contributed by atoms with Gasteiger partial charge in [0.05, 0.1) is 30.9 Å². The molecule has 0 fully saturated rings. The summed E-state index contributed by atoms with van der Waals surface area (Å²) in [6.45, 7) is 2.34. The van der Waals surface area contributed by atoms with Crippen LogP contribution in [0.1, 0.15) is 34.5 Å². The first-order valence-electron chi connectivity index (χ1n) is 8.81. The molecular weight excluding hydrogens is 533 g/mol. The van der Waals surface area contributed by atoms with Gasteiger partial charge in [0, 0.05) is 20.2 Å². The van der Waals surface area contributed by atoms with Crippen LogP contribution < -0.4 is 5.32 Å². The Hall–Kier alpha value is -1.58. The molecule has 1 N–H and O–H groups in total. The molecule has 154 valence electrons. The lowest BCUT2D eigenvalue weighted by Crippen LogP contribution is -2.42. The molecular formula is C20H18Cl2FIN2O3. The lowest BCUT2D eigenvalue weighted by Gasteiger charge is -2.36. The molecule has 0 saturated heterocycles. The number of methoxy groups -OCH3 is 1. The van der Waals surface area contributed by atoms with Crippen LogP contribution in [0, 0.1) is 9.39 Å². The zero-order valence-corrected chi connectivity index (χ0v) is 19.4. The Morgan fingerprint density at radius 3 is 2.72 bits per heavy atom. The Balaban J connectivity index is 1.73. The van der Waals surface area contributed by atoms with Crippen molar-refractivity contribution in [1.29, 1.82) is 0 Å². The Morgan fingerprint density at radius 2 is 2.03 bits per heavy atom. The quantitative estimate of drug-likeness (QED) is 0.426. The van der Waals surface area contributed by atoms with Crippen LogP contribution in [0.5, 0.6) is 0 Å². The Labute approximate surface area is 191 Å². The lowest BCUT2D eigenvalue weighted by atomic mass is 9.93. The molecule has 1 aliphatic rings. The number of carbonyl (C=O) groups excluding carboxylic acids is 2. The van der Waals surface area contributed by atoms with E-state index in [0.717, 1.165) is 17.2 Å². The predicted molar refractivity (Wildman–Crippen MR) is 119 cm³/mol. The lowest BCUT2D eigenvalue weighted by molar-refractivity contribution is -0.131. The number of ether oxygens (including phenoxy) is 1. The second-order valence-corrected chi connectivity index (χ2v) is 8.64. The van der Waals surface area contributed by atoms with Gasteiger partial charge >= 0.3 is 5.97 Å². The number of benzene rings is 2. The maximum atomic E-state index is 14.4. The van der Waals surface area contributed by atoms with Crippen LogP contribution >= 0.6 is 45.8 Å². The number of fused-ring (bicyclic) bond motifs is 1. The Kier molecular flexibility index (Phi) is 6.90. The van der Waals surface area contributed by atoms with Gasteiger partial charge in [0.15, 0.2) is 0 Å². The largest absolute Gasteiger partial charge is 0.465 e. The van der Waals surface area contributed by atoms with Crippen LogP contribution in [0.25, 0.3) is 0 Å². The zero-order chi connectivity index (χ0) is 21.3. The number of hydrogen-bond acceptors (Lipinski definition) is 4. The first-order valence-corrected chi connectivity index (χ1v) is 10.6. The van der Waals surface area contributed by atoms with E-state index in [2.05, 4.69) is 10.1 Å². The Bertz CT molecular complexity index is 987. The van der Waals surface area contributed by atoms with Gasteiger partial charge in [0.2, 0.25) is 5.91 Å². The van der Waals surface area contributed by atoms with Gasteiger partial charge < -0.3 is 15.0 Å². The number of amides is 1. The van der Waals surface area contributed by atoms with Gasteiger partial charge in [0.1, 0.15) is 5.82 Å². The molecule has 0 aliphatic carbocycles. The summed E-state index contributed by atoms with van der Waals surface area (Å²) in [6.07, 6.45) is 0.645. The topological polar surface area (TPSA) is 58.6 Å². The third-order valence-electron chi connectivity index (χ3n) is 4.90. The van der Waals surface area contributed by atoms with E-state index in [4.69, 9.17) is 23.2 Å². The van der Waals surface area contributed by atoms with Gasteiger partial charge in [-0.1, -0.05) is 23.2 Å². The van der Waals surface area contributed by atoms with Crippen molar-refractivity contribution in [3.05, 3.63) is 60.4 Å². The summed E-state index contributed by atoms with van der Waals surface area (Å²) >= 11 is 14.3. The fraction of sp³-hybridized carbons (Fsp3) is 0.300. The van der Waals surface area contributed by atoms with Crippen LogP contribution in [0.15, 0.2) is 24.3 Å². The monoisotopic (exact) mass is 550 g/mol. The van der Waals surface area contributed by atoms with Crippen LogP contribution in [0.3, 0.4) is 0 Å². The summed E-state index contributed by atoms with van der Waals surface area (Å²) < 4.78 is 19.5. The normalized spacial score (nSPS) is 15.7. The zero-order valence-electron chi connectivity index (χ0n) is 15.7. The van der Waals surface area contributed by atoms with Crippen molar-refractivity contribution in [3.63, 3.8) is 0 Å². The number of halogens is 4. The van der Waals surface area contributed by atoms with Crippen LogP contribution in [-0.2, 0) is 16.0 Å². The fourth-order valence-electron chi connectivity index (χ4n) is 3.46. The fourth-order valence-corrected chi connectivity index (χ4v) is 4.85. The first kappa shape index (κ1) is 22.1. The number of nitrogens with zero attached hydrogens (tertiary/aromatic N) is 1. The van der Waals surface area contributed by atoms with Gasteiger partial charge in [-0.15, -0.1) is 0 Å². The number of rotatable bonds is 4. The highest BCUT2D eigenvalue weighted by Gasteiger charge is 2.29. The standard InChI is InChI=1S/C20H18Cl2FIN2O3/c1-10-19-11(5-12(21)6-14(19)22)3-4-26(10)18(27)9-25-17-8-16(24)13(7-15(17)23)20(28)29-2/h5-8,10,25H,3-4,9H2,1-2H3. The van der Waals surface area contributed by atoms with E-state index < -0.39 is 11.8 Å². The Morgan fingerprint density at radius 1 is 1.31 bits per heavy atom. The molecule has 0 aromatic heterocycles. The number of esters is 1. The second kappa shape index (κ2) is 9.06. The summed E-state index contributed by atoms with van der Waals surface area (Å²) in [5, 5.41) is 3.93. The van der Waals surface area contributed by atoms with E-state index >= 15 is 0 Å². The van der Waals surface area contributed by atoms with Crippen LogP contribution in [0.2, 0.25) is 10.0 Å². The molecule has 0 spiro atoms. The molecule has 1 atom stereocenters. The first-order chi connectivity index (χ1) is 13.7. The average molecular weight is 551 g/mol. The minimum absolute atomic E-state index is 0.0878. The maximum absolute atomic E-state index is 14.4. The molecule has 1 aliphatic heterocycles. The SMILES string of the molecule is COC(=O)c1cc(F)c(NCC(=O)N2CCc3cc(Cl)cc(Cl)c3C2C)cc1I. The van der Waals surface area contributed by atoms with E-state index in [9.17, 15) is 14.0 Å². The van der Waals surface area contributed by atoms with Gasteiger partial charge in [-0.25, -0.2) is 9.18 Å². The van der Waals surface area contributed by atoms with Crippen molar-refractivity contribution in [2.45, 2.75) is 19.4 Å². The molecule has 0 saturated carbocycles. The van der Waals surface area contributed by atoms with Crippen molar-refractivity contribution in [3.8, 4) is 0 Å². The molecule has 1 amide bonds. The molecule has 2 aromatic rings. The molecule has 0 radical (unpaired) electrons. The van der Waals surface area contributed by atoms with E-state index in [-0.39, 0.29) is 29.7 Å². The van der Waals surface area contributed by atoms with Gasteiger partial charge in [-0.3, -0.25) is 4.79 Å². The molecule has 0 bridgehead atoms. The predicted octanol–water partition coefficient (Wildman–Crippen LogP) is 5.08. The van der Waals surface area contributed by atoms with Crippen molar-refractivity contribution in [2.24, 2.45) is 0 Å². The number of nitrogens with one attached hydrogen (secondary N) is 1. The van der Waals surface area contributed by atoms with Gasteiger partial charge in [-0.05, 0) is 71.3 Å². The molecule has 2 aromatic carbocycles. The maximum Gasteiger partial charge on any atom is 0.339 e. The minimum atomic E-state index is -0.631. The highest BCUT2D eigenvalue weighted by atomic mass is 127. The molecule has 5 nitrogen and oxygen atoms in total. The van der Waals surface area contributed by atoms with Gasteiger partial charge in [-0.2, -0.15) is 0 Å². The van der Waals surface area contributed by atoms with Crippen LogP contribution in [0.4, 0.5) is 10.1 Å². The molecule has 1 heterocycles. The van der Waals surface area contributed by atoms with E-state index in [1.54, 1.807) is 11.0 Å². The van der Waals surface area contributed by atoms with E-state index in [1.165, 1.54) is 13.2 Å². The molecule has 9 heteroatoms. The summed E-state index contributed by atoms with van der Waals surface area (Å²) in [7, 11) is 1.24. The summed E-state index contributed by atoms with van der Waals surface area (Å²) in [5.41, 5.74) is 2.20. The highest BCUT2D eigenvalue weighted by Crippen LogP contribution is 2.37. The van der Waals surface area contributed by atoms with E-state index in [0.29, 0.717) is 26.6 Å². The number of carbonyl (C=O) groups is 2. The third-order valence-corrected chi connectivity index (χ3v) is 6.32. The average Bonchev–Trinajstić information content (AvgIpc) is 2.67. The number of anilines is 1. The van der Waals surface area contributed by atoms with Gasteiger partial charge in [0.25, 0.3) is 0 Å². The molecule has 3 rings (SSSR count). The smallest absolute Gasteiger partial charge is 0.339 e. The summed E-state index contributed by atoms with van der Waals surface area (Å²) in [4.78, 5) is 26.2. The van der Waals surface area contributed by atoms with Crippen molar-refractivity contribution in [2.75, 3.05) is 25.5 Å². The van der Waals surface area contributed by atoms with Crippen molar-refractivity contribution in [1.82, 2.24) is 4.90 Å². The minimum Gasteiger partial charge on any atom is -0.465 e. The summed E-state index contributed by atoms with van der Waals surface area (Å²) in [6, 6.07) is 5.90. The summed E-state index contributed by atoms with van der Waals surface area (Å²) in [5.74, 6) is -1.43. The number of hydrogen-bond donors (Lipinski definition) is 1. The van der Waals surface area contributed by atoms with Crippen molar-refractivity contribution >= 4 is 63.4 Å². The molecule has 1 unspecified atom stereocenters. The van der Waals surface area contributed by atoms with Crippen LogP contribution in [-0.4, -0.2) is 37.0 Å². The van der Waals surface area contributed by atoms with Crippen molar-refractivity contribution < 1.29 is 18.7 Å².